The van der Waals surface area contributed by atoms with E-state index in [-0.39, 0.29) is 11.8 Å². The number of methoxy groups -OCH3 is 1. The molecule has 0 radical (unpaired) electrons. The highest BCUT2D eigenvalue weighted by Gasteiger charge is 2.30. The van der Waals surface area contributed by atoms with E-state index in [1.807, 2.05) is 24.3 Å². The van der Waals surface area contributed by atoms with Crippen LogP contribution in [0.1, 0.15) is 30.7 Å². The second-order valence-electron chi connectivity index (χ2n) is 4.67. The largest absolute Gasteiger partial charge is 0.496 e. The van der Waals surface area contributed by atoms with Crippen molar-refractivity contribution in [1.82, 2.24) is 5.32 Å². The molecule has 1 aliphatic rings. The lowest BCUT2D eigenvalue weighted by molar-refractivity contribution is -0.141. The molecule has 1 saturated heterocycles. The minimum absolute atomic E-state index is 0.0104. The van der Waals surface area contributed by atoms with Crippen LogP contribution in [-0.4, -0.2) is 30.1 Å². The standard InChI is InChI=1S/C14H17NO4/c1-19-12-5-3-2-4-10(12)9-6-7-13(16)15-11(8-9)14(17)18/h2-5,9,11H,6-8H2,1H3,(H,15,16)(H,17,18). The molecule has 2 atom stereocenters. The number of hydrogen-bond acceptors (Lipinski definition) is 3. The monoisotopic (exact) mass is 263 g/mol. The van der Waals surface area contributed by atoms with Crippen molar-refractivity contribution in [2.45, 2.75) is 31.2 Å². The van der Waals surface area contributed by atoms with Gasteiger partial charge in [-0.25, -0.2) is 4.79 Å². The molecule has 5 heteroatoms. The van der Waals surface area contributed by atoms with E-state index in [2.05, 4.69) is 5.32 Å². The Morgan fingerprint density at radius 2 is 2.16 bits per heavy atom. The third kappa shape index (κ3) is 3.05. The summed E-state index contributed by atoms with van der Waals surface area (Å²) in [5.41, 5.74) is 0.966. The Balaban J connectivity index is 2.27. The van der Waals surface area contributed by atoms with Gasteiger partial charge in [-0.3, -0.25) is 4.79 Å². The Morgan fingerprint density at radius 3 is 2.84 bits per heavy atom. The molecule has 0 saturated carbocycles. The van der Waals surface area contributed by atoms with Crippen molar-refractivity contribution in [3.63, 3.8) is 0 Å². The first-order valence-corrected chi connectivity index (χ1v) is 6.27. The average Bonchev–Trinajstić information content (AvgIpc) is 2.61. The number of para-hydroxylation sites is 1. The van der Waals surface area contributed by atoms with Gasteiger partial charge in [-0.15, -0.1) is 0 Å². The predicted octanol–water partition coefficient (Wildman–Crippen LogP) is 1.53. The molecule has 1 heterocycles. The summed E-state index contributed by atoms with van der Waals surface area (Å²) in [6.07, 6.45) is 1.37. The van der Waals surface area contributed by atoms with Crippen molar-refractivity contribution in [3.05, 3.63) is 29.8 Å². The number of nitrogens with one attached hydrogen (secondary N) is 1. The van der Waals surface area contributed by atoms with E-state index in [9.17, 15) is 9.59 Å². The molecule has 1 aromatic carbocycles. The molecule has 1 amide bonds. The minimum atomic E-state index is -0.991. The fourth-order valence-corrected chi connectivity index (χ4v) is 2.48. The van der Waals surface area contributed by atoms with E-state index < -0.39 is 12.0 Å². The molecule has 0 bridgehead atoms. The van der Waals surface area contributed by atoms with Gasteiger partial charge in [0.15, 0.2) is 0 Å². The Morgan fingerprint density at radius 1 is 1.42 bits per heavy atom. The van der Waals surface area contributed by atoms with E-state index in [0.29, 0.717) is 19.3 Å². The van der Waals surface area contributed by atoms with E-state index in [1.54, 1.807) is 7.11 Å². The quantitative estimate of drug-likeness (QED) is 0.867. The first-order chi connectivity index (χ1) is 9.11. The first-order valence-electron chi connectivity index (χ1n) is 6.27. The average molecular weight is 263 g/mol. The molecule has 102 valence electrons. The lowest BCUT2D eigenvalue weighted by Gasteiger charge is -2.19. The van der Waals surface area contributed by atoms with Crippen LogP contribution in [0.5, 0.6) is 5.75 Å². The summed E-state index contributed by atoms with van der Waals surface area (Å²) in [6.45, 7) is 0. The number of ether oxygens (including phenoxy) is 1. The first kappa shape index (κ1) is 13.4. The number of carbonyl (C=O) groups is 2. The van der Waals surface area contributed by atoms with Gasteiger partial charge in [-0.2, -0.15) is 0 Å². The molecule has 19 heavy (non-hydrogen) atoms. The number of rotatable bonds is 3. The summed E-state index contributed by atoms with van der Waals surface area (Å²) in [7, 11) is 1.59. The molecule has 0 aliphatic carbocycles. The molecule has 1 aliphatic heterocycles. The summed E-state index contributed by atoms with van der Waals surface area (Å²) >= 11 is 0. The van der Waals surface area contributed by atoms with Gasteiger partial charge in [0.1, 0.15) is 11.8 Å². The molecule has 2 rings (SSSR count). The van der Waals surface area contributed by atoms with E-state index in [1.165, 1.54) is 0 Å². The SMILES string of the molecule is COc1ccccc1C1CCC(=O)NC(C(=O)O)C1. The topological polar surface area (TPSA) is 75.6 Å². The fourth-order valence-electron chi connectivity index (χ4n) is 2.48. The van der Waals surface area contributed by atoms with Crippen LogP contribution in [0, 0.1) is 0 Å². The number of aliphatic carboxylic acids is 1. The number of carboxylic acid groups (broad SMARTS) is 1. The molecule has 2 unspecified atom stereocenters. The van der Waals surface area contributed by atoms with Crippen molar-refractivity contribution in [3.8, 4) is 5.75 Å². The number of benzene rings is 1. The van der Waals surface area contributed by atoms with Gasteiger partial charge >= 0.3 is 5.97 Å². The lowest BCUT2D eigenvalue weighted by Crippen LogP contribution is -2.39. The number of amides is 1. The van der Waals surface area contributed by atoms with Crippen molar-refractivity contribution < 1.29 is 19.4 Å². The Hall–Kier alpha value is -2.04. The van der Waals surface area contributed by atoms with Gasteiger partial charge < -0.3 is 15.2 Å². The van der Waals surface area contributed by atoms with Crippen LogP contribution >= 0.6 is 0 Å². The maximum Gasteiger partial charge on any atom is 0.326 e. The van der Waals surface area contributed by atoms with Crippen molar-refractivity contribution in [2.24, 2.45) is 0 Å². The van der Waals surface area contributed by atoms with Crippen molar-refractivity contribution in [1.29, 1.82) is 0 Å². The van der Waals surface area contributed by atoms with Gasteiger partial charge in [-0.1, -0.05) is 18.2 Å². The number of hydrogen-bond donors (Lipinski definition) is 2. The number of carboxylic acids is 1. The van der Waals surface area contributed by atoms with Crippen LogP contribution in [-0.2, 0) is 9.59 Å². The highest BCUT2D eigenvalue weighted by Crippen LogP contribution is 2.34. The molecule has 2 N–H and O–H groups in total. The zero-order valence-corrected chi connectivity index (χ0v) is 10.8. The van der Waals surface area contributed by atoms with Crippen LogP contribution in [0.2, 0.25) is 0 Å². The second-order valence-corrected chi connectivity index (χ2v) is 4.67. The minimum Gasteiger partial charge on any atom is -0.496 e. The van der Waals surface area contributed by atoms with E-state index >= 15 is 0 Å². The van der Waals surface area contributed by atoms with Gasteiger partial charge in [0.25, 0.3) is 0 Å². The smallest absolute Gasteiger partial charge is 0.326 e. The van der Waals surface area contributed by atoms with Crippen LogP contribution < -0.4 is 10.1 Å². The highest BCUT2D eigenvalue weighted by atomic mass is 16.5. The fraction of sp³-hybridized carbons (Fsp3) is 0.429. The van der Waals surface area contributed by atoms with Crippen molar-refractivity contribution >= 4 is 11.9 Å². The summed E-state index contributed by atoms with van der Waals surface area (Å²) in [5, 5.41) is 11.7. The van der Waals surface area contributed by atoms with Crippen molar-refractivity contribution in [2.75, 3.05) is 7.11 Å². The Bertz CT molecular complexity index is 486. The van der Waals surface area contributed by atoms with Gasteiger partial charge in [0.2, 0.25) is 5.91 Å². The van der Waals surface area contributed by atoms with E-state index in [4.69, 9.17) is 9.84 Å². The Kier molecular flexibility index (Phi) is 4.04. The molecular formula is C14H17NO4. The summed E-state index contributed by atoms with van der Waals surface area (Å²) in [4.78, 5) is 22.7. The third-order valence-corrected chi connectivity index (χ3v) is 3.45. The van der Waals surface area contributed by atoms with Gasteiger partial charge in [0, 0.05) is 6.42 Å². The summed E-state index contributed by atoms with van der Waals surface area (Å²) in [6, 6.07) is 6.72. The van der Waals surface area contributed by atoms with Gasteiger partial charge in [-0.05, 0) is 30.4 Å². The van der Waals surface area contributed by atoms with Crippen LogP contribution in [0.15, 0.2) is 24.3 Å². The Labute approximate surface area is 111 Å². The molecule has 0 spiro atoms. The zero-order valence-electron chi connectivity index (χ0n) is 10.8. The summed E-state index contributed by atoms with van der Waals surface area (Å²) < 4.78 is 5.31. The van der Waals surface area contributed by atoms with Crippen LogP contribution in [0.4, 0.5) is 0 Å². The van der Waals surface area contributed by atoms with Crippen LogP contribution in [0.3, 0.4) is 0 Å². The molecular weight excluding hydrogens is 246 g/mol. The second kappa shape index (κ2) is 5.73. The van der Waals surface area contributed by atoms with Gasteiger partial charge in [0.05, 0.1) is 7.11 Å². The third-order valence-electron chi connectivity index (χ3n) is 3.45. The zero-order chi connectivity index (χ0) is 13.8. The normalized spacial score (nSPS) is 23.3. The lowest BCUT2D eigenvalue weighted by atomic mass is 9.89. The molecule has 5 nitrogen and oxygen atoms in total. The summed E-state index contributed by atoms with van der Waals surface area (Å²) in [5.74, 6) is -0.442. The predicted molar refractivity (Wildman–Crippen MR) is 69.2 cm³/mol. The maximum atomic E-state index is 11.5. The highest BCUT2D eigenvalue weighted by molar-refractivity contribution is 5.84. The molecule has 1 aromatic rings. The van der Waals surface area contributed by atoms with Crippen LogP contribution in [0.25, 0.3) is 0 Å². The molecule has 1 fully saturated rings. The number of carbonyl (C=O) groups excluding carboxylic acids is 1. The maximum absolute atomic E-state index is 11.5. The molecule has 0 aromatic heterocycles. The van der Waals surface area contributed by atoms with E-state index in [0.717, 1.165) is 11.3 Å².